The minimum Gasteiger partial charge on any atom is -0.222 e. The molecule has 1 heterocycles. The van der Waals surface area contributed by atoms with Crippen LogP contribution in [0.4, 0.5) is 0 Å². The van der Waals surface area contributed by atoms with Crippen molar-refractivity contribution in [2.75, 3.05) is 0 Å². The van der Waals surface area contributed by atoms with Gasteiger partial charge in [-0.05, 0) is 31.9 Å². The molecule has 0 bridgehead atoms. The van der Waals surface area contributed by atoms with Gasteiger partial charge >= 0.3 is 0 Å². The van der Waals surface area contributed by atoms with Crippen molar-refractivity contribution >= 4 is 43.2 Å². The Morgan fingerprint density at radius 1 is 1.60 bits per heavy atom. The lowest BCUT2D eigenvalue weighted by Crippen LogP contribution is -1.74. The number of halogens is 2. The third kappa shape index (κ3) is 1.78. The summed E-state index contributed by atoms with van der Waals surface area (Å²) in [7, 11) is 0. The van der Waals surface area contributed by atoms with E-state index in [0.29, 0.717) is 6.42 Å². The maximum atomic E-state index is 8.35. The summed E-state index contributed by atoms with van der Waals surface area (Å²) in [5.41, 5.74) is 0. The van der Waals surface area contributed by atoms with E-state index in [1.807, 2.05) is 0 Å². The molecule has 0 aliphatic rings. The van der Waals surface area contributed by atoms with Crippen LogP contribution in [0.25, 0.3) is 0 Å². The van der Waals surface area contributed by atoms with E-state index in [9.17, 15) is 0 Å². The highest BCUT2D eigenvalue weighted by Crippen LogP contribution is 2.27. The van der Waals surface area contributed by atoms with Crippen molar-refractivity contribution in [2.45, 2.75) is 6.42 Å². The maximum Gasteiger partial charge on any atom is 0.160 e. The average molecular weight is 282 g/mol. The highest BCUT2D eigenvalue weighted by molar-refractivity contribution is 9.11. The maximum absolute atomic E-state index is 8.35. The third-order valence-corrected chi connectivity index (χ3v) is 3.29. The predicted molar refractivity (Wildman–Crippen MR) is 46.8 cm³/mol. The van der Waals surface area contributed by atoms with Gasteiger partial charge in [0, 0.05) is 0 Å². The van der Waals surface area contributed by atoms with Crippen LogP contribution in [-0.4, -0.2) is 4.98 Å². The topological polar surface area (TPSA) is 36.7 Å². The van der Waals surface area contributed by atoms with Crippen molar-refractivity contribution < 1.29 is 0 Å². The van der Waals surface area contributed by atoms with Crippen LogP contribution in [0.3, 0.4) is 0 Å². The molecule has 0 N–H and O–H groups in total. The highest BCUT2D eigenvalue weighted by atomic mass is 79.9. The summed E-state index contributed by atoms with van der Waals surface area (Å²) >= 11 is 7.93. The van der Waals surface area contributed by atoms with Crippen LogP contribution in [0, 0.1) is 11.3 Å². The molecule has 0 spiro atoms. The highest BCUT2D eigenvalue weighted by Gasteiger charge is 2.04. The molecule has 2 nitrogen and oxygen atoms in total. The minimum absolute atomic E-state index is 0.420. The number of hydrogen-bond acceptors (Lipinski definition) is 3. The summed E-state index contributed by atoms with van der Waals surface area (Å²) in [5, 5.41) is 8.35. The third-order valence-electron chi connectivity index (χ3n) is 0.863. The number of aromatic nitrogens is 1. The first-order chi connectivity index (χ1) is 4.74. The molecule has 5 heteroatoms. The second-order valence-corrected chi connectivity index (χ2v) is 4.63. The molecule has 10 heavy (non-hydrogen) atoms. The molecule has 1 aromatic rings. The SMILES string of the molecule is N#CCc1sc(Br)nc1Br. The van der Waals surface area contributed by atoms with Crippen LogP contribution in [0.5, 0.6) is 0 Å². The lowest BCUT2D eigenvalue weighted by Gasteiger charge is -1.81. The summed E-state index contributed by atoms with van der Waals surface area (Å²) < 4.78 is 1.58. The average Bonchev–Trinajstić information content (AvgIpc) is 2.13. The van der Waals surface area contributed by atoms with Gasteiger partial charge in [0.25, 0.3) is 0 Å². The van der Waals surface area contributed by atoms with E-state index in [4.69, 9.17) is 5.26 Å². The molecular formula is C5H2Br2N2S. The summed E-state index contributed by atoms with van der Waals surface area (Å²) in [5.74, 6) is 0. The summed E-state index contributed by atoms with van der Waals surface area (Å²) in [6.07, 6.45) is 0.420. The van der Waals surface area contributed by atoms with Crippen molar-refractivity contribution in [2.24, 2.45) is 0 Å². The van der Waals surface area contributed by atoms with Gasteiger partial charge in [-0.2, -0.15) is 5.26 Å². The van der Waals surface area contributed by atoms with Gasteiger partial charge in [-0.1, -0.05) is 0 Å². The zero-order valence-corrected chi connectivity index (χ0v) is 8.75. The molecule has 0 radical (unpaired) electrons. The standard InChI is InChI=1S/C5H2Br2N2S/c6-4-3(1-2-8)10-5(7)9-4/h1H2. The first-order valence-corrected chi connectivity index (χ1v) is 4.82. The van der Waals surface area contributed by atoms with E-state index in [1.54, 1.807) is 0 Å². The second-order valence-electron chi connectivity index (χ2n) is 1.52. The second kappa shape index (κ2) is 3.46. The fourth-order valence-corrected chi connectivity index (χ4v) is 2.77. The normalized spacial score (nSPS) is 9.30. The molecule has 0 amide bonds. The zero-order chi connectivity index (χ0) is 7.56. The van der Waals surface area contributed by atoms with Crippen molar-refractivity contribution in [3.05, 3.63) is 13.4 Å². The smallest absolute Gasteiger partial charge is 0.160 e. The van der Waals surface area contributed by atoms with E-state index in [1.165, 1.54) is 11.3 Å². The minimum atomic E-state index is 0.420. The Balaban J connectivity index is 2.94. The monoisotopic (exact) mass is 280 g/mol. The lowest BCUT2D eigenvalue weighted by atomic mass is 10.4. The fraction of sp³-hybridized carbons (Fsp3) is 0.200. The first kappa shape index (κ1) is 8.18. The Hall–Kier alpha value is 0.0800. The molecule has 0 aromatic carbocycles. The molecule has 0 aliphatic carbocycles. The first-order valence-electron chi connectivity index (χ1n) is 2.41. The molecule has 1 rings (SSSR count). The van der Waals surface area contributed by atoms with Gasteiger partial charge in [-0.3, -0.25) is 0 Å². The van der Waals surface area contributed by atoms with Gasteiger partial charge in [0.1, 0.15) is 4.60 Å². The number of nitriles is 1. The number of thiazole rings is 1. The molecular weight excluding hydrogens is 280 g/mol. The van der Waals surface area contributed by atoms with Crippen LogP contribution < -0.4 is 0 Å². The van der Waals surface area contributed by atoms with E-state index in [2.05, 4.69) is 42.9 Å². The van der Waals surface area contributed by atoms with Gasteiger partial charge in [0.15, 0.2) is 3.92 Å². The lowest BCUT2D eigenvalue weighted by molar-refractivity contribution is 1.23. The van der Waals surface area contributed by atoms with Crippen molar-refractivity contribution in [3.63, 3.8) is 0 Å². The Bertz CT molecular complexity index is 276. The number of nitrogens with zero attached hydrogens (tertiary/aromatic N) is 2. The zero-order valence-electron chi connectivity index (χ0n) is 4.77. The van der Waals surface area contributed by atoms with Crippen LogP contribution >= 0.6 is 43.2 Å². The Kier molecular flexibility index (Phi) is 2.83. The van der Waals surface area contributed by atoms with Crippen LogP contribution in [0.15, 0.2) is 8.52 Å². The Morgan fingerprint density at radius 3 is 2.70 bits per heavy atom. The van der Waals surface area contributed by atoms with Gasteiger partial charge in [-0.25, -0.2) is 4.98 Å². The molecule has 0 saturated carbocycles. The van der Waals surface area contributed by atoms with Crippen LogP contribution in [0.1, 0.15) is 4.88 Å². The van der Waals surface area contributed by atoms with Crippen LogP contribution in [0.2, 0.25) is 0 Å². The van der Waals surface area contributed by atoms with Crippen molar-refractivity contribution in [1.29, 1.82) is 5.26 Å². The molecule has 0 unspecified atom stereocenters. The van der Waals surface area contributed by atoms with Gasteiger partial charge in [0.2, 0.25) is 0 Å². The molecule has 0 saturated heterocycles. The van der Waals surface area contributed by atoms with Gasteiger partial charge < -0.3 is 0 Å². The van der Waals surface area contributed by atoms with Crippen molar-refractivity contribution in [1.82, 2.24) is 4.98 Å². The summed E-state index contributed by atoms with van der Waals surface area (Å²) in [4.78, 5) is 5.00. The molecule has 52 valence electrons. The Labute approximate surface area is 79.1 Å². The van der Waals surface area contributed by atoms with E-state index in [-0.39, 0.29) is 0 Å². The quantitative estimate of drug-likeness (QED) is 0.794. The molecule has 0 aliphatic heterocycles. The predicted octanol–water partition coefficient (Wildman–Crippen LogP) is 2.73. The van der Waals surface area contributed by atoms with Gasteiger partial charge in [0.05, 0.1) is 17.4 Å². The Morgan fingerprint density at radius 2 is 2.30 bits per heavy atom. The van der Waals surface area contributed by atoms with E-state index >= 15 is 0 Å². The number of rotatable bonds is 1. The van der Waals surface area contributed by atoms with Crippen LogP contribution in [-0.2, 0) is 6.42 Å². The van der Waals surface area contributed by atoms with E-state index in [0.717, 1.165) is 13.4 Å². The molecule has 0 fully saturated rings. The fourth-order valence-electron chi connectivity index (χ4n) is 0.487. The largest absolute Gasteiger partial charge is 0.222 e. The van der Waals surface area contributed by atoms with E-state index < -0.39 is 0 Å². The molecule has 0 atom stereocenters. The summed E-state index contributed by atoms with van der Waals surface area (Å²) in [6, 6.07) is 2.06. The summed E-state index contributed by atoms with van der Waals surface area (Å²) in [6.45, 7) is 0. The van der Waals surface area contributed by atoms with Gasteiger partial charge in [-0.15, -0.1) is 11.3 Å². The number of hydrogen-bond donors (Lipinski definition) is 0. The van der Waals surface area contributed by atoms with Crippen molar-refractivity contribution in [3.8, 4) is 6.07 Å². The molecule has 1 aromatic heterocycles.